The van der Waals surface area contributed by atoms with Crippen molar-refractivity contribution in [3.8, 4) is 0 Å². The number of aliphatic hydroxyl groups excluding tert-OH is 1. The van der Waals surface area contributed by atoms with Gasteiger partial charge in [0.25, 0.3) is 0 Å². The molecule has 0 saturated carbocycles. The third kappa shape index (κ3) is 4.41. The first-order chi connectivity index (χ1) is 9.20. The molecule has 1 heterocycles. The van der Waals surface area contributed by atoms with Crippen molar-refractivity contribution in [2.24, 2.45) is 0 Å². The van der Waals surface area contributed by atoms with Crippen LogP contribution < -0.4 is 5.32 Å². The Kier molecular flexibility index (Phi) is 6.06. The maximum absolute atomic E-state index is 9.29. The lowest BCUT2D eigenvalue weighted by molar-refractivity contribution is 0.147. The van der Waals surface area contributed by atoms with Gasteiger partial charge in [-0.25, -0.2) is 0 Å². The average Bonchev–Trinajstić information content (AvgIpc) is 2.91. The molecule has 1 aromatic rings. The van der Waals surface area contributed by atoms with Crippen molar-refractivity contribution in [2.45, 2.75) is 31.8 Å². The highest BCUT2D eigenvalue weighted by Gasteiger charge is 2.21. The van der Waals surface area contributed by atoms with Gasteiger partial charge in [0.15, 0.2) is 0 Å². The molecule has 0 radical (unpaired) electrons. The number of benzene rings is 1. The minimum Gasteiger partial charge on any atom is -0.395 e. The zero-order chi connectivity index (χ0) is 13.7. The van der Waals surface area contributed by atoms with Crippen LogP contribution in [0.25, 0.3) is 0 Å². The van der Waals surface area contributed by atoms with E-state index in [4.69, 9.17) is 0 Å². The predicted molar refractivity (Wildman–Crippen MR) is 87.3 cm³/mol. The second kappa shape index (κ2) is 7.57. The molecule has 3 nitrogen and oxygen atoms in total. The fourth-order valence-electron chi connectivity index (χ4n) is 2.72. The summed E-state index contributed by atoms with van der Waals surface area (Å²) < 4.78 is 1.26. The highest BCUT2D eigenvalue weighted by molar-refractivity contribution is 14.1. The molecule has 0 bridgehead atoms. The fourth-order valence-corrected chi connectivity index (χ4v) is 3.08. The van der Waals surface area contributed by atoms with Gasteiger partial charge in [-0.15, -0.1) is 0 Å². The van der Waals surface area contributed by atoms with Crippen LogP contribution in [-0.2, 0) is 0 Å². The van der Waals surface area contributed by atoms with E-state index in [1.807, 2.05) is 0 Å². The van der Waals surface area contributed by atoms with Crippen LogP contribution in [0.1, 0.15) is 31.4 Å². The lowest BCUT2D eigenvalue weighted by atomic mass is 10.1. The van der Waals surface area contributed by atoms with E-state index in [9.17, 15) is 5.11 Å². The van der Waals surface area contributed by atoms with Gasteiger partial charge in [-0.05, 0) is 66.6 Å². The van der Waals surface area contributed by atoms with Crippen molar-refractivity contribution < 1.29 is 5.11 Å². The monoisotopic (exact) mass is 374 g/mol. The van der Waals surface area contributed by atoms with Crippen LogP contribution in [0.15, 0.2) is 24.3 Å². The Balaban J connectivity index is 2.01. The van der Waals surface area contributed by atoms with Crippen molar-refractivity contribution in [1.82, 2.24) is 10.2 Å². The van der Waals surface area contributed by atoms with E-state index in [2.05, 4.69) is 64.0 Å². The molecular formula is C15H23IN2O. The Morgan fingerprint density at radius 1 is 1.42 bits per heavy atom. The van der Waals surface area contributed by atoms with E-state index in [-0.39, 0.29) is 6.61 Å². The molecule has 2 atom stereocenters. The second-order valence-electron chi connectivity index (χ2n) is 5.24. The van der Waals surface area contributed by atoms with Gasteiger partial charge in [0.2, 0.25) is 0 Å². The van der Waals surface area contributed by atoms with E-state index in [1.54, 1.807) is 0 Å². The van der Waals surface area contributed by atoms with E-state index in [0.717, 1.165) is 19.6 Å². The van der Waals surface area contributed by atoms with Gasteiger partial charge in [-0.1, -0.05) is 12.1 Å². The van der Waals surface area contributed by atoms with Crippen LogP contribution in [0, 0.1) is 3.57 Å². The zero-order valence-electron chi connectivity index (χ0n) is 11.5. The lowest BCUT2D eigenvalue weighted by Crippen LogP contribution is -2.40. The highest BCUT2D eigenvalue weighted by atomic mass is 127. The number of halogens is 1. The molecule has 1 aromatic carbocycles. The summed E-state index contributed by atoms with van der Waals surface area (Å²) in [5.74, 6) is 0. The molecule has 1 saturated heterocycles. The van der Waals surface area contributed by atoms with Crippen LogP contribution in [-0.4, -0.2) is 42.3 Å². The number of rotatable bonds is 6. The summed E-state index contributed by atoms with van der Waals surface area (Å²) in [6.45, 7) is 5.35. The van der Waals surface area contributed by atoms with Crippen LogP contribution >= 0.6 is 22.6 Å². The van der Waals surface area contributed by atoms with Gasteiger partial charge in [0, 0.05) is 28.7 Å². The maximum Gasteiger partial charge on any atom is 0.0558 e. The Morgan fingerprint density at radius 2 is 2.16 bits per heavy atom. The summed E-state index contributed by atoms with van der Waals surface area (Å²) in [7, 11) is 0. The highest BCUT2D eigenvalue weighted by Crippen LogP contribution is 2.22. The molecular weight excluding hydrogens is 351 g/mol. The second-order valence-corrected chi connectivity index (χ2v) is 6.48. The number of nitrogens with one attached hydrogen (secondary N) is 1. The SMILES string of the molecule is CC(c1ccc(I)cc1)N(CCO)CC1CCCN1. The molecule has 106 valence electrons. The van der Waals surface area contributed by atoms with Crippen molar-refractivity contribution in [3.63, 3.8) is 0 Å². The molecule has 1 aliphatic heterocycles. The first-order valence-corrected chi connectivity index (χ1v) is 8.12. The van der Waals surface area contributed by atoms with Crippen molar-refractivity contribution >= 4 is 22.6 Å². The molecule has 2 unspecified atom stereocenters. The lowest BCUT2D eigenvalue weighted by Gasteiger charge is -2.31. The molecule has 0 amide bonds. The van der Waals surface area contributed by atoms with Gasteiger partial charge in [-0.3, -0.25) is 4.90 Å². The molecule has 1 fully saturated rings. The smallest absolute Gasteiger partial charge is 0.0558 e. The van der Waals surface area contributed by atoms with E-state index in [0.29, 0.717) is 12.1 Å². The topological polar surface area (TPSA) is 35.5 Å². The summed E-state index contributed by atoms with van der Waals surface area (Å²) in [5, 5.41) is 12.8. The molecule has 2 N–H and O–H groups in total. The summed E-state index contributed by atoms with van der Waals surface area (Å²) in [4.78, 5) is 2.38. The number of hydrogen-bond acceptors (Lipinski definition) is 3. The van der Waals surface area contributed by atoms with Crippen molar-refractivity contribution in [1.29, 1.82) is 0 Å². The largest absolute Gasteiger partial charge is 0.395 e. The molecule has 4 heteroatoms. The van der Waals surface area contributed by atoms with Crippen LogP contribution in [0.3, 0.4) is 0 Å². The Morgan fingerprint density at radius 3 is 2.74 bits per heavy atom. The van der Waals surface area contributed by atoms with Crippen molar-refractivity contribution in [2.75, 3.05) is 26.2 Å². The Labute approximate surface area is 129 Å². The van der Waals surface area contributed by atoms with Gasteiger partial charge in [0.1, 0.15) is 0 Å². The third-order valence-corrected chi connectivity index (χ3v) is 4.62. The molecule has 19 heavy (non-hydrogen) atoms. The number of aliphatic hydroxyl groups is 1. The van der Waals surface area contributed by atoms with E-state index in [1.165, 1.54) is 22.0 Å². The third-order valence-electron chi connectivity index (χ3n) is 3.90. The van der Waals surface area contributed by atoms with Crippen molar-refractivity contribution in [3.05, 3.63) is 33.4 Å². The molecule has 0 aromatic heterocycles. The van der Waals surface area contributed by atoms with Gasteiger partial charge < -0.3 is 10.4 Å². The van der Waals surface area contributed by atoms with E-state index >= 15 is 0 Å². The molecule has 1 aliphatic rings. The average molecular weight is 374 g/mol. The summed E-state index contributed by atoms with van der Waals surface area (Å²) >= 11 is 2.33. The minimum absolute atomic E-state index is 0.224. The Hall–Kier alpha value is -0.170. The summed E-state index contributed by atoms with van der Waals surface area (Å²) in [5.41, 5.74) is 1.33. The van der Waals surface area contributed by atoms with Crippen LogP contribution in [0.4, 0.5) is 0 Å². The number of nitrogens with zero attached hydrogens (tertiary/aromatic N) is 1. The summed E-state index contributed by atoms with van der Waals surface area (Å²) in [6.07, 6.45) is 2.52. The molecule has 0 aliphatic carbocycles. The minimum atomic E-state index is 0.224. The fraction of sp³-hybridized carbons (Fsp3) is 0.600. The predicted octanol–water partition coefficient (Wildman–Crippen LogP) is 2.40. The van der Waals surface area contributed by atoms with Gasteiger partial charge in [0.05, 0.1) is 6.61 Å². The first-order valence-electron chi connectivity index (χ1n) is 7.04. The van der Waals surface area contributed by atoms with Crippen LogP contribution in [0.2, 0.25) is 0 Å². The van der Waals surface area contributed by atoms with E-state index < -0.39 is 0 Å². The quantitative estimate of drug-likeness (QED) is 0.751. The number of hydrogen-bond donors (Lipinski definition) is 2. The normalized spacial score (nSPS) is 20.9. The standard InChI is InChI=1S/C15H23IN2O/c1-12(13-4-6-14(16)7-5-13)18(9-10-19)11-15-3-2-8-17-15/h4-7,12,15,17,19H,2-3,8-11H2,1H3. The van der Waals surface area contributed by atoms with Gasteiger partial charge in [-0.2, -0.15) is 0 Å². The zero-order valence-corrected chi connectivity index (χ0v) is 13.6. The summed E-state index contributed by atoms with van der Waals surface area (Å²) in [6, 6.07) is 9.62. The van der Waals surface area contributed by atoms with Gasteiger partial charge >= 0.3 is 0 Å². The Bertz CT molecular complexity index is 376. The molecule has 0 spiro atoms. The maximum atomic E-state index is 9.29. The van der Waals surface area contributed by atoms with Crippen LogP contribution in [0.5, 0.6) is 0 Å². The first kappa shape index (κ1) is 15.2. The molecule has 2 rings (SSSR count).